The second-order valence-corrected chi connectivity index (χ2v) is 7.37. The van der Waals surface area contributed by atoms with Crippen LogP contribution in [0, 0.1) is 19.8 Å². The van der Waals surface area contributed by atoms with Gasteiger partial charge in [-0.2, -0.15) is 0 Å². The molecule has 0 saturated heterocycles. The van der Waals surface area contributed by atoms with Crippen molar-refractivity contribution in [2.24, 2.45) is 5.92 Å². The molecule has 0 amide bonds. The number of hydrogen-bond donors (Lipinski definition) is 0. The molecule has 2 rings (SSSR count). The molecular formula is C19H31NO. The maximum atomic E-state index is 6.17. The minimum Gasteiger partial charge on any atom is -0.377 e. The third-order valence-electron chi connectivity index (χ3n) is 5.22. The standard InChI is InChI=1S/C19H31NO/c1-10(2)16-9-21-15(8)13(6)17-12(5)14(7)20-19(11(3)4)18(16)17/h10-11,13,15-16H,9H2,1-8H3/t13-,15+,16?/m1/s1. The fourth-order valence-corrected chi connectivity index (χ4v) is 3.52. The van der Waals surface area contributed by atoms with E-state index >= 15 is 0 Å². The van der Waals surface area contributed by atoms with Crippen LogP contribution in [-0.4, -0.2) is 17.7 Å². The lowest BCUT2D eigenvalue weighted by Gasteiger charge is -2.28. The van der Waals surface area contributed by atoms with E-state index in [1.165, 1.54) is 28.1 Å². The van der Waals surface area contributed by atoms with Crippen molar-refractivity contribution in [2.75, 3.05) is 6.61 Å². The number of fused-ring (bicyclic) bond motifs is 1. The van der Waals surface area contributed by atoms with Crippen molar-refractivity contribution in [1.29, 1.82) is 0 Å². The van der Waals surface area contributed by atoms with E-state index < -0.39 is 0 Å². The van der Waals surface area contributed by atoms with Gasteiger partial charge >= 0.3 is 0 Å². The van der Waals surface area contributed by atoms with Crippen LogP contribution < -0.4 is 0 Å². The molecule has 1 aromatic heterocycles. The molecular weight excluding hydrogens is 258 g/mol. The number of rotatable bonds is 2. The lowest BCUT2D eigenvalue weighted by Crippen LogP contribution is -2.18. The largest absolute Gasteiger partial charge is 0.377 e. The molecule has 2 heteroatoms. The number of ether oxygens (including phenoxy) is 1. The first-order chi connectivity index (χ1) is 9.75. The fourth-order valence-electron chi connectivity index (χ4n) is 3.52. The Morgan fingerprint density at radius 3 is 2.19 bits per heavy atom. The third-order valence-corrected chi connectivity index (χ3v) is 5.22. The second kappa shape index (κ2) is 6.08. The molecule has 3 atom stereocenters. The molecule has 1 aliphatic rings. The predicted octanol–water partition coefficient (Wildman–Crippen LogP) is 5.08. The summed E-state index contributed by atoms with van der Waals surface area (Å²) in [7, 11) is 0. The highest BCUT2D eigenvalue weighted by Gasteiger charge is 2.34. The van der Waals surface area contributed by atoms with Crippen molar-refractivity contribution >= 4 is 0 Å². The highest BCUT2D eigenvalue weighted by atomic mass is 16.5. The molecule has 2 nitrogen and oxygen atoms in total. The van der Waals surface area contributed by atoms with Crippen molar-refractivity contribution in [3.63, 3.8) is 0 Å². The zero-order valence-electron chi connectivity index (χ0n) is 14.9. The maximum absolute atomic E-state index is 6.17. The normalized spacial score (nSPS) is 26.1. The van der Waals surface area contributed by atoms with Crippen LogP contribution in [0.5, 0.6) is 0 Å². The van der Waals surface area contributed by atoms with Gasteiger partial charge in [0.2, 0.25) is 0 Å². The van der Waals surface area contributed by atoms with Gasteiger partial charge in [-0.25, -0.2) is 0 Å². The van der Waals surface area contributed by atoms with E-state index in [0.717, 1.165) is 6.61 Å². The van der Waals surface area contributed by atoms with E-state index in [1.54, 1.807) is 0 Å². The van der Waals surface area contributed by atoms with E-state index in [2.05, 4.69) is 55.4 Å². The van der Waals surface area contributed by atoms with Crippen LogP contribution in [-0.2, 0) is 4.74 Å². The summed E-state index contributed by atoms with van der Waals surface area (Å²) in [5.74, 6) is 1.92. The summed E-state index contributed by atoms with van der Waals surface area (Å²) < 4.78 is 6.17. The van der Waals surface area contributed by atoms with Gasteiger partial charge < -0.3 is 4.74 Å². The molecule has 0 bridgehead atoms. The lowest BCUT2D eigenvalue weighted by atomic mass is 9.78. The fraction of sp³-hybridized carbons (Fsp3) is 0.737. The van der Waals surface area contributed by atoms with Crippen molar-refractivity contribution in [2.45, 2.75) is 79.2 Å². The highest BCUT2D eigenvalue weighted by Crippen LogP contribution is 2.42. The number of pyridine rings is 1. The van der Waals surface area contributed by atoms with Crippen LogP contribution in [0.15, 0.2) is 0 Å². The van der Waals surface area contributed by atoms with Crippen LogP contribution >= 0.6 is 0 Å². The van der Waals surface area contributed by atoms with Gasteiger partial charge in [-0.3, -0.25) is 4.98 Å². The SMILES string of the molecule is Cc1nc(C(C)C)c2c(c1C)[C@H](C)[C@H](C)OCC2C(C)C. The monoisotopic (exact) mass is 289 g/mol. The Labute approximate surface area is 130 Å². The average molecular weight is 289 g/mol. The molecule has 0 N–H and O–H groups in total. The van der Waals surface area contributed by atoms with E-state index in [0.29, 0.717) is 23.7 Å². The van der Waals surface area contributed by atoms with E-state index in [9.17, 15) is 0 Å². The zero-order chi connectivity index (χ0) is 15.9. The van der Waals surface area contributed by atoms with Crippen molar-refractivity contribution < 1.29 is 4.74 Å². The molecule has 118 valence electrons. The molecule has 0 saturated carbocycles. The van der Waals surface area contributed by atoms with E-state index in [1.807, 2.05) is 0 Å². The van der Waals surface area contributed by atoms with Gasteiger partial charge in [-0.15, -0.1) is 0 Å². The topological polar surface area (TPSA) is 22.1 Å². The van der Waals surface area contributed by atoms with Crippen LogP contribution in [0.2, 0.25) is 0 Å². The quantitative estimate of drug-likeness (QED) is 0.757. The first-order valence-electron chi connectivity index (χ1n) is 8.38. The van der Waals surface area contributed by atoms with Crippen LogP contribution in [0.1, 0.15) is 87.4 Å². The predicted molar refractivity (Wildman–Crippen MR) is 89.2 cm³/mol. The summed E-state index contributed by atoms with van der Waals surface area (Å²) in [4.78, 5) is 4.96. The third kappa shape index (κ3) is 2.88. The number of aromatic nitrogens is 1. The lowest BCUT2D eigenvalue weighted by molar-refractivity contribution is 0.0419. The van der Waals surface area contributed by atoms with E-state index in [-0.39, 0.29) is 6.10 Å². The van der Waals surface area contributed by atoms with Crippen LogP contribution in [0.3, 0.4) is 0 Å². The van der Waals surface area contributed by atoms with Gasteiger partial charge in [0, 0.05) is 23.2 Å². The summed E-state index contributed by atoms with van der Waals surface area (Å²) in [6.45, 7) is 18.8. The van der Waals surface area contributed by atoms with Crippen LogP contribution in [0.25, 0.3) is 0 Å². The van der Waals surface area contributed by atoms with E-state index in [4.69, 9.17) is 9.72 Å². The Morgan fingerprint density at radius 1 is 1.05 bits per heavy atom. The Balaban J connectivity index is 2.79. The Kier molecular flexibility index (Phi) is 4.77. The van der Waals surface area contributed by atoms with Gasteiger partial charge in [0.25, 0.3) is 0 Å². The maximum Gasteiger partial charge on any atom is 0.0613 e. The van der Waals surface area contributed by atoms with Crippen LogP contribution in [0.4, 0.5) is 0 Å². The molecule has 2 heterocycles. The number of aryl methyl sites for hydroxylation is 1. The number of nitrogens with zero attached hydrogens (tertiary/aromatic N) is 1. The Bertz CT molecular complexity index is 519. The molecule has 0 fully saturated rings. The summed E-state index contributed by atoms with van der Waals surface area (Å²) in [6.07, 6.45) is 0.271. The number of hydrogen-bond acceptors (Lipinski definition) is 2. The Hall–Kier alpha value is -0.890. The van der Waals surface area contributed by atoms with Gasteiger partial charge in [-0.1, -0.05) is 34.6 Å². The van der Waals surface area contributed by atoms with Gasteiger partial charge in [0.05, 0.1) is 12.7 Å². The Morgan fingerprint density at radius 2 is 1.67 bits per heavy atom. The molecule has 1 aliphatic heterocycles. The molecule has 21 heavy (non-hydrogen) atoms. The molecule has 1 aromatic rings. The zero-order valence-corrected chi connectivity index (χ0v) is 14.9. The molecule has 0 aliphatic carbocycles. The molecule has 0 spiro atoms. The minimum atomic E-state index is 0.271. The van der Waals surface area contributed by atoms with Gasteiger partial charge in [-0.05, 0) is 49.3 Å². The summed E-state index contributed by atoms with van der Waals surface area (Å²) in [5, 5.41) is 0. The minimum absolute atomic E-state index is 0.271. The highest BCUT2D eigenvalue weighted by molar-refractivity contribution is 5.46. The van der Waals surface area contributed by atoms with Gasteiger partial charge in [0.15, 0.2) is 0 Å². The summed E-state index contributed by atoms with van der Waals surface area (Å²) in [5.41, 5.74) is 6.83. The summed E-state index contributed by atoms with van der Waals surface area (Å²) in [6, 6.07) is 0. The average Bonchev–Trinajstić information content (AvgIpc) is 2.52. The van der Waals surface area contributed by atoms with Crippen molar-refractivity contribution in [3.05, 3.63) is 28.1 Å². The molecule has 1 unspecified atom stereocenters. The van der Waals surface area contributed by atoms with Crippen molar-refractivity contribution in [3.8, 4) is 0 Å². The molecule has 0 radical (unpaired) electrons. The first-order valence-corrected chi connectivity index (χ1v) is 8.38. The van der Waals surface area contributed by atoms with Gasteiger partial charge in [0.1, 0.15) is 0 Å². The summed E-state index contributed by atoms with van der Waals surface area (Å²) >= 11 is 0. The second-order valence-electron chi connectivity index (χ2n) is 7.37. The first kappa shape index (κ1) is 16.5. The van der Waals surface area contributed by atoms with Crippen molar-refractivity contribution in [1.82, 2.24) is 4.98 Å². The molecule has 0 aromatic carbocycles. The smallest absolute Gasteiger partial charge is 0.0613 e.